The lowest BCUT2D eigenvalue weighted by atomic mass is 10.3. The molecule has 0 radical (unpaired) electrons. The molecule has 1 aliphatic rings. The van der Waals surface area contributed by atoms with Crippen LogP contribution >= 0.6 is 11.3 Å². The van der Waals surface area contributed by atoms with Gasteiger partial charge in [-0.05, 0) is 23.6 Å². The van der Waals surface area contributed by atoms with E-state index in [4.69, 9.17) is 4.42 Å². The molecule has 1 N–H and O–H groups in total. The lowest BCUT2D eigenvalue weighted by Crippen LogP contribution is -2.39. The molecular weight excluding hydrogens is 304 g/mol. The van der Waals surface area contributed by atoms with Gasteiger partial charge in [0.1, 0.15) is 18.1 Å². The molecule has 1 aliphatic heterocycles. The molecule has 6 nitrogen and oxygen atoms in total. The average molecular weight is 318 g/mol. The van der Waals surface area contributed by atoms with Gasteiger partial charge < -0.3 is 9.73 Å². The molecule has 0 bridgehead atoms. The summed E-state index contributed by atoms with van der Waals surface area (Å²) in [5.74, 6) is 0.400. The second-order valence-electron chi connectivity index (χ2n) is 4.93. The molecule has 1 fully saturated rings. The summed E-state index contributed by atoms with van der Waals surface area (Å²) in [5, 5.41) is 6.59. The van der Waals surface area contributed by atoms with Crippen molar-refractivity contribution in [3.05, 3.63) is 34.7 Å². The van der Waals surface area contributed by atoms with Crippen molar-refractivity contribution in [1.82, 2.24) is 10.2 Å². The van der Waals surface area contributed by atoms with Crippen molar-refractivity contribution in [2.75, 3.05) is 6.54 Å². The maximum atomic E-state index is 11.8. The first-order valence-corrected chi connectivity index (χ1v) is 7.79. The number of nitrogens with zero attached hydrogens (tertiary/aromatic N) is 1. The number of amides is 3. The summed E-state index contributed by atoms with van der Waals surface area (Å²) in [5.41, 5.74) is 0.996. The van der Waals surface area contributed by atoms with Gasteiger partial charge >= 0.3 is 0 Å². The highest BCUT2D eigenvalue weighted by atomic mass is 32.1. The molecule has 22 heavy (non-hydrogen) atoms. The van der Waals surface area contributed by atoms with Crippen molar-refractivity contribution in [2.45, 2.75) is 19.4 Å². The molecule has 0 saturated carbocycles. The minimum Gasteiger partial charge on any atom is -0.459 e. The molecule has 3 rings (SSSR count). The van der Waals surface area contributed by atoms with Crippen molar-refractivity contribution in [2.24, 2.45) is 0 Å². The summed E-state index contributed by atoms with van der Waals surface area (Å²) < 4.78 is 5.64. The van der Waals surface area contributed by atoms with Crippen LogP contribution in [0.1, 0.15) is 18.6 Å². The third-order valence-electron chi connectivity index (χ3n) is 3.38. The molecule has 3 amide bonds. The fraction of sp³-hybridized carbons (Fsp3) is 0.267. The molecular formula is C15H14N2O4S. The minimum absolute atomic E-state index is 0.189. The Balaban J connectivity index is 1.53. The third kappa shape index (κ3) is 3.09. The number of likely N-dealkylation sites (tertiary alicyclic amines) is 1. The Kier molecular flexibility index (Phi) is 4.06. The number of imide groups is 1. The lowest BCUT2D eigenvalue weighted by Gasteiger charge is -2.12. The number of nitrogens with one attached hydrogen (secondary N) is 1. The van der Waals surface area contributed by atoms with Gasteiger partial charge in [0, 0.05) is 23.8 Å². The Morgan fingerprint density at radius 3 is 2.68 bits per heavy atom. The zero-order valence-corrected chi connectivity index (χ0v) is 12.5. The smallest absolute Gasteiger partial charge is 0.240 e. The van der Waals surface area contributed by atoms with Gasteiger partial charge in [0.15, 0.2) is 0 Å². The van der Waals surface area contributed by atoms with Gasteiger partial charge in [-0.25, -0.2) is 0 Å². The van der Waals surface area contributed by atoms with Crippen LogP contribution < -0.4 is 5.32 Å². The summed E-state index contributed by atoms with van der Waals surface area (Å²) in [6.45, 7) is -0.00501. The van der Waals surface area contributed by atoms with Gasteiger partial charge in [0.2, 0.25) is 17.7 Å². The Morgan fingerprint density at radius 1 is 1.23 bits per heavy atom. The summed E-state index contributed by atoms with van der Waals surface area (Å²) >= 11 is 1.58. The molecule has 0 unspecified atom stereocenters. The van der Waals surface area contributed by atoms with Crippen LogP contribution in [0.25, 0.3) is 11.3 Å². The first kappa shape index (κ1) is 14.5. The number of thiophene rings is 1. The van der Waals surface area contributed by atoms with Crippen LogP contribution in [-0.2, 0) is 20.9 Å². The Bertz CT molecular complexity index is 689. The van der Waals surface area contributed by atoms with Crippen LogP contribution in [0, 0.1) is 0 Å². The van der Waals surface area contributed by atoms with E-state index >= 15 is 0 Å². The van der Waals surface area contributed by atoms with Crippen LogP contribution in [-0.4, -0.2) is 29.2 Å². The molecule has 2 aromatic rings. The molecule has 1 saturated heterocycles. The van der Waals surface area contributed by atoms with Gasteiger partial charge in [-0.1, -0.05) is 0 Å². The predicted octanol–water partition coefficient (Wildman–Crippen LogP) is 1.77. The zero-order valence-electron chi connectivity index (χ0n) is 11.7. The van der Waals surface area contributed by atoms with Crippen molar-refractivity contribution < 1.29 is 18.8 Å². The zero-order chi connectivity index (χ0) is 15.5. The highest BCUT2D eigenvalue weighted by Gasteiger charge is 2.30. The number of rotatable bonds is 5. The van der Waals surface area contributed by atoms with E-state index in [-0.39, 0.29) is 43.7 Å². The van der Waals surface area contributed by atoms with Gasteiger partial charge in [-0.2, -0.15) is 11.3 Å². The first-order valence-electron chi connectivity index (χ1n) is 6.84. The second kappa shape index (κ2) is 6.15. The lowest BCUT2D eigenvalue weighted by molar-refractivity contribution is -0.142. The Hall–Kier alpha value is -2.41. The Morgan fingerprint density at radius 2 is 2.00 bits per heavy atom. The maximum Gasteiger partial charge on any atom is 0.240 e. The van der Waals surface area contributed by atoms with Gasteiger partial charge in [0.25, 0.3) is 0 Å². The topological polar surface area (TPSA) is 79.6 Å². The molecule has 2 aromatic heterocycles. The largest absolute Gasteiger partial charge is 0.459 e. The first-order chi connectivity index (χ1) is 10.6. The molecule has 3 heterocycles. The molecule has 0 aliphatic carbocycles. The second-order valence-corrected chi connectivity index (χ2v) is 5.71. The number of hydrogen-bond donors (Lipinski definition) is 1. The standard InChI is InChI=1S/C15H14N2O4S/c18-13(8-17-14(19)3-4-15(17)20)16-7-11-1-2-12(21-11)10-5-6-22-9-10/h1-2,5-6,9H,3-4,7-8H2,(H,16,18). The van der Waals surface area contributed by atoms with E-state index in [0.717, 1.165) is 16.2 Å². The van der Waals surface area contributed by atoms with E-state index < -0.39 is 0 Å². The maximum absolute atomic E-state index is 11.8. The normalized spacial score (nSPS) is 14.6. The van der Waals surface area contributed by atoms with Crippen molar-refractivity contribution in [1.29, 1.82) is 0 Å². The fourth-order valence-electron chi connectivity index (χ4n) is 2.22. The third-order valence-corrected chi connectivity index (χ3v) is 4.07. The van der Waals surface area contributed by atoms with E-state index in [1.54, 1.807) is 17.4 Å². The summed E-state index contributed by atoms with van der Waals surface area (Å²) in [7, 11) is 0. The van der Waals surface area contributed by atoms with Gasteiger partial charge in [-0.3, -0.25) is 19.3 Å². The molecule has 114 valence electrons. The van der Waals surface area contributed by atoms with Crippen molar-refractivity contribution in [3.8, 4) is 11.3 Å². The van der Waals surface area contributed by atoms with E-state index in [1.165, 1.54) is 0 Å². The van der Waals surface area contributed by atoms with Crippen LogP contribution in [0.4, 0.5) is 0 Å². The van der Waals surface area contributed by atoms with Crippen molar-refractivity contribution in [3.63, 3.8) is 0 Å². The summed E-state index contributed by atoms with van der Waals surface area (Å²) in [6.07, 6.45) is 0.378. The van der Waals surface area contributed by atoms with Gasteiger partial charge in [-0.15, -0.1) is 0 Å². The fourth-order valence-corrected chi connectivity index (χ4v) is 2.86. The summed E-state index contributed by atoms with van der Waals surface area (Å²) in [4.78, 5) is 35.7. The number of carbonyl (C=O) groups excluding carboxylic acids is 3. The van der Waals surface area contributed by atoms with Crippen LogP contribution in [0.2, 0.25) is 0 Å². The average Bonchev–Trinajstić information content (AvgIpc) is 3.22. The molecule has 0 aromatic carbocycles. The summed E-state index contributed by atoms with van der Waals surface area (Å²) in [6, 6.07) is 5.59. The number of hydrogen-bond acceptors (Lipinski definition) is 5. The molecule has 0 spiro atoms. The number of furan rings is 1. The number of carbonyl (C=O) groups is 3. The quantitative estimate of drug-likeness (QED) is 0.852. The van der Waals surface area contributed by atoms with E-state index in [0.29, 0.717) is 5.76 Å². The highest BCUT2D eigenvalue weighted by Crippen LogP contribution is 2.24. The van der Waals surface area contributed by atoms with E-state index in [1.807, 2.05) is 22.9 Å². The van der Waals surface area contributed by atoms with E-state index in [9.17, 15) is 14.4 Å². The van der Waals surface area contributed by atoms with Crippen molar-refractivity contribution >= 4 is 29.1 Å². The highest BCUT2D eigenvalue weighted by molar-refractivity contribution is 7.08. The Labute approximate surface area is 130 Å². The predicted molar refractivity (Wildman–Crippen MR) is 79.8 cm³/mol. The van der Waals surface area contributed by atoms with E-state index in [2.05, 4.69) is 5.32 Å². The van der Waals surface area contributed by atoms with Crippen LogP contribution in [0.5, 0.6) is 0 Å². The minimum atomic E-state index is -0.378. The monoisotopic (exact) mass is 318 g/mol. The SMILES string of the molecule is O=C(CN1C(=O)CCC1=O)NCc1ccc(-c2ccsc2)o1. The molecule has 0 atom stereocenters. The molecule has 7 heteroatoms. The van der Waals surface area contributed by atoms with Crippen LogP contribution in [0.3, 0.4) is 0 Å². The van der Waals surface area contributed by atoms with Gasteiger partial charge in [0.05, 0.1) is 6.54 Å². The van der Waals surface area contributed by atoms with Crippen LogP contribution in [0.15, 0.2) is 33.4 Å².